The van der Waals surface area contributed by atoms with Gasteiger partial charge in [0, 0.05) is 24.0 Å². The molecule has 0 N–H and O–H groups in total. The third-order valence-electron chi connectivity index (χ3n) is 8.05. The van der Waals surface area contributed by atoms with Crippen LogP contribution in [-0.4, -0.2) is 31.3 Å². The van der Waals surface area contributed by atoms with Crippen LogP contribution >= 0.6 is 7.92 Å². The second kappa shape index (κ2) is 10.5. The molecule has 2 atom stereocenters. The quantitative estimate of drug-likeness (QED) is 0.213. The lowest BCUT2D eigenvalue weighted by Gasteiger charge is -2.37. The number of hydrogen-bond acceptors (Lipinski definition) is 3. The van der Waals surface area contributed by atoms with Crippen LogP contribution in [0.1, 0.15) is 26.7 Å². The van der Waals surface area contributed by atoms with Gasteiger partial charge in [0.25, 0.3) is 0 Å². The van der Waals surface area contributed by atoms with E-state index in [0.29, 0.717) is 18.6 Å². The van der Waals surface area contributed by atoms with Gasteiger partial charge in [-0.15, -0.1) is 0 Å². The van der Waals surface area contributed by atoms with Gasteiger partial charge >= 0.3 is 0 Å². The summed E-state index contributed by atoms with van der Waals surface area (Å²) < 4.78 is 12.0. The fourth-order valence-electron chi connectivity index (χ4n) is 6.44. The number of carbonyl (C=O) groups is 1. The fraction of sp³-hybridized carbons (Fsp3) is 0.229. The molecule has 0 radical (unpaired) electrons. The van der Waals surface area contributed by atoms with Gasteiger partial charge in [0.2, 0.25) is 0 Å². The molecular formula is C35H33O3P. The summed E-state index contributed by atoms with van der Waals surface area (Å²) in [7, 11) is 2.82. The number of benzene rings is 5. The van der Waals surface area contributed by atoms with Crippen LogP contribution in [0.25, 0.3) is 43.8 Å². The Balaban J connectivity index is 1.76. The van der Waals surface area contributed by atoms with E-state index in [-0.39, 0.29) is 11.3 Å². The molecule has 1 heterocycles. The predicted molar refractivity (Wildman–Crippen MR) is 165 cm³/mol. The molecule has 0 bridgehead atoms. The number of ketones is 1. The first-order valence-electron chi connectivity index (χ1n) is 13.6. The number of methoxy groups -OCH3 is 2. The van der Waals surface area contributed by atoms with Crippen LogP contribution in [0.15, 0.2) is 91.0 Å². The summed E-state index contributed by atoms with van der Waals surface area (Å²) in [5.74, 6) is 2.10. The van der Waals surface area contributed by atoms with Crippen molar-refractivity contribution in [2.75, 3.05) is 14.2 Å². The molecule has 0 aliphatic carbocycles. The fourth-order valence-corrected chi connectivity index (χ4v) is 9.92. The molecule has 196 valence electrons. The van der Waals surface area contributed by atoms with E-state index in [2.05, 4.69) is 105 Å². The van der Waals surface area contributed by atoms with Gasteiger partial charge in [-0.1, -0.05) is 101 Å². The maximum atomic E-state index is 12.7. The van der Waals surface area contributed by atoms with E-state index in [9.17, 15) is 4.79 Å². The number of carbonyl (C=O) groups excluding carboxylic acids is 1. The highest BCUT2D eigenvalue weighted by molar-refractivity contribution is 7.67. The van der Waals surface area contributed by atoms with Crippen LogP contribution in [0.5, 0.6) is 11.5 Å². The Morgan fingerprint density at radius 3 is 1.54 bits per heavy atom. The van der Waals surface area contributed by atoms with E-state index < -0.39 is 7.92 Å². The smallest absolute Gasteiger partial charge is 0.134 e. The largest absolute Gasteiger partial charge is 0.496 e. The summed E-state index contributed by atoms with van der Waals surface area (Å²) in [5, 5.41) is 6.04. The lowest BCUT2D eigenvalue weighted by molar-refractivity contribution is -0.119. The van der Waals surface area contributed by atoms with Crippen molar-refractivity contribution in [3.8, 4) is 33.8 Å². The first-order chi connectivity index (χ1) is 19.0. The summed E-state index contributed by atoms with van der Waals surface area (Å²) in [5.41, 5.74) is 5.16. The molecule has 0 spiro atoms. The van der Waals surface area contributed by atoms with Crippen molar-refractivity contribution in [3.05, 3.63) is 91.0 Å². The van der Waals surface area contributed by atoms with Gasteiger partial charge in [-0.05, 0) is 61.4 Å². The molecule has 1 aliphatic heterocycles. The molecule has 0 amide bonds. The van der Waals surface area contributed by atoms with Crippen LogP contribution in [0.2, 0.25) is 0 Å². The minimum atomic E-state index is -0.682. The molecule has 4 heteroatoms. The van der Waals surface area contributed by atoms with E-state index in [0.717, 1.165) is 22.6 Å². The van der Waals surface area contributed by atoms with Crippen molar-refractivity contribution in [1.82, 2.24) is 0 Å². The zero-order valence-electron chi connectivity index (χ0n) is 22.9. The highest BCUT2D eigenvalue weighted by atomic mass is 31.1. The topological polar surface area (TPSA) is 35.5 Å². The Kier molecular flexibility index (Phi) is 6.87. The predicted octanol–water partition coefficient (Wildman–Crippen LogP) is 8.59. The molecule has 5 aromatic rings. The Bertz CT molecular complexity index is 1590. The van der Waals surface area contributed by atoms with Crippen molar-refractivity contribution in [1.29, 1.82) is 0 Å². The monoisotopic (exact) mass is 532 g/mol. The Hall–Kier alpha value is -3.68. The van der Waals surface area contributed by atoms with E-state index in [1.807, 2.05) is 0 Å². The maximum absolute atomic E-state index is 12.7. The normalized spacial score (nSPS) is 19.4. The molecule has 0 aromatic heterocycles. The average molecular weight is 533 g/mol. The van der Waals surface area contributed by atoms with Gasteiger partial charge in [0.1, 0.15) is 17.3 Å². The molecule has 1 saturated heterocycles. The Morgan fingerprint density at radius 2 is 1.08 bits per heavy atom. The summed E-state index contributed by atoms with van der Waals surface area (Å²) >= 11 is 0. The highest BCUT2D eigenvalue weighted by Crippen LogP contribution is 2.56. The summed E-state index contributed by atoms with van der Waals surface area (Å²) in [6.07, 6.45) is 1.26. The van der Waals surface area contributed by atoms with Crippen molar-refractivity contribution in [3.63, 3.8) is 0 Å². The zero-order valence-corrected chi connectivity index (χ0v) is 23.8. The highest BCUT2D eigenvalue weighted by Gasteiger charge is 2.36. The summed E-state index contributed by atoms with van der Waals surface area (Å²) in [6, 6.07) is 32.1. The maximum Gasteiger partial charge on any atom is 0.134 e. The molecule has 3 nitrogen and oxygen atoms in total. The number of Topliss-reactive ketones (excluding diaryl/α,β-unsaturated/α-hetero) is 1. The minimum absolute atomic E-state index is 0.276. The zero-order chi connectivity index (χ0) is 27.1. The lowest BCUT2D eigenvalue weighted by atomic mass is 9.92. The lowest BCUT2D eigenvalue weighted by Crippen LogP contribution is -2.30. The van der Waals surface area contributed by atoms with E-state index >= 15 is 0 Å². The molecule has 1 aliphatic rings. The molecular weight excluding hydrogens is 499 g/mol. The molecule has 1 fully saturated rings. The summed E-state index contributed by atoms with van der Waals surface area (Å²) in [4.78, 5) is 12.7. The van der Waals surface area contributed by atoms with Gasteiger partial charge in [-0.3, -0.25) is 4.79 Å². The molecule has 0 saturated carbocycles. The van der Waals surface area contributed by atoms with Crippen LogP contribution in [0.3, 0.4) is 0 Å². The van der Waals surface area contributed by atoms with Gasteiger partial charge in [-0.2, -0.15) is 0 Å². The number of rotatable bonds is 5. The van der Waals surface area contributed by atoms with E-state index in [1.54, 1.807) is 14.2 Å². The van der Waals surface area contributed by atoms with Crippen molar-refractivity contribution in [2.45, 2.75) is 38.0 Å². The first-order valence-corrected chi connectivity index (χ1v) is 15.0. The number of hydrogen-bond donors (Lipinski definition) is 0. The Labute approximate surface area is 231 Å². The number of fused-ring (bicyclic) bond motifs is 2. The molecule has 39 heavy (non-hydrogen) atoms. The average Bonchev–Trinajstić information content (AvgIpc) is 2.95. The van der Waals surface area contributed by atoms with Crippen LogP contribution in [-0.2, 0) is 4.79 Å². The minimum Gasteiger partial charge on any atom is -0.496 e. The SMILES string of the molecule is COc1ccc2ccccc2c1-c1cccc(-c2c(OC)ccc3ccccc23)c1P1C(C)CC(=O)CC1C. The van der Waals surface area contributed by atoms with Crippen LogP contribution < -0.4 is 14.8 Å². The third kappa shape index (κ3) is 4.39. The van der Waals surface area contributed by atoms with Gasteiger partial charge < -0.3 is 9.47 Å². The number of ether oxygens (including phenoxy) is 2. The Morgan fingerprint density at radius 1 is 0.615 bits per heavy atom. The van der Waals surface area contributed by atoms with Crippen molar-refractivity contribution < 1.29 is 14.3 Å². The first kappa shape index (κ1) is 25.6. The molecule has 6 rings (SSSR count). The van der Waals surface area contributed by atoms with Crippen LogP contribution in [0, 0.1) is 0 Å². The second-order valence-electron chi connectivity index (χ2n) is 10.5. The molecule has 5 aromatic carbocycles. The van der Waals surface area contributed by atoms with E-state index in [4.69, 9.17) is 9.47 Å². The van der Waals surface area contributed by atoms with Gasteiger partial charge in [-0.25, -0.2) is 0 Å². The molecule has 2 unspecified atom stereocenters. The summed E-state index contributed by atoms with van der Waals surface area (Å²) in [6.45, 7) is 4.53. The standard InChI is InChI=1S/C35H33O3P/c1-22-20-26(36)21-23(2)39(22)35-29(33-27-12-7-5-10-24(27)16-18-31(33)37-3)14-9-15-30(35)34-28-13-8-6-11-25(28)17-19-32(34)38-4/h5-19,22-23H,20-21H2,1-4H3. The third-order valence-corrected chi connectivity index (χ3v) is 11.3. The second-order valence-corrected chi connectivity index (χ2v) is 13.5. The van der Waals surface area contributed by atoms with Crippen LogP contribution in [0.4, 0.5) is 0 Å². The van der Waals surface area contributed by atoms with E-state index in [1.165, 1.54) is 38.0 Å². The van der Waals surface area contributed by atoms with Gasteiger partial charge in [0.05, 0.1) is 14.2 Å². The van der Waals surface area contributed by atoms with Gasteiger partial charge in [0.15, 0.2) is 0 Å². The van der Waals surface area contributed by atoms with Crippen molar-refractivity contribution in [2.24, 2.45) is 0 Å². The van der Waals surface area contributed by atoms with Crippen molar-refractivity contribution >= 4 is 40.6 Å².